The summed E-state index contributed by atoms with van der Waals surface area (Å²) in [6.45, 7) is 3.14. The molecule has 1 saturated heterocycles. The highest BCUT2D eigenvalue weighted by Gasteiger charge is 2.26. The number of imidazole rings is 1. The van der Waals surface area contributed by atoms with Crippen LogP contribution in [-0.4, -0.2) is 27.5 Å². The fourth-order valence-corrected chi connectivity index (χ4v) is 4.44. The minimum Gasteiger partial charge on any atom is -0.337 e. The van der Waals surface area contributed by atoms with Crippen LogP contribution in [0, 0.1) is 16.4 Å². The standard InChI is InChI=1S/C18H21F2N3S.ClH/c19-13-7-12-8-14(3-4-16(12)17(20)9-13)23-15(10-21-18(23)24)11-22-5-1-2-6-22;/h7,9-10,14H,1-6,8,11H2,(H,21,24);1H. The Labute approximate surface area is 157 Å². The van der Waals surface area contributed by atoms with E-state index in [1.54, 1.807) is 0 Å². The lowest BCUT2D eigenvalue weighted by Gasteiger charge is -2.28. The average Bonchev–Trinajstić information content (AvgIpc) is 3.17. The molecule has 1 unspecified atom stereocenters. The molecule has 25 heavy (non-hydrogen) atoms. The zero-order valence-electron chi connectivity index (χ0n) is 13.9. The maximum absolute atomic E-state index is 14.0. The fraction of sp³-hybridized carbons (Fsp3) is 0.500. The molecule has 0 bridgehead atoms. The third-order valence-corrected chi connectivity index (χ3v) is 5.59. The number of aromatic amines is 1. The zero-order chi connectivity index (χ0) is 16.7. The van der Waals surface area contributed by atoms with E-state index in [4.69, 9.17) is 12.2 Å². The van der Waals surface area contributed by atoms with Crippen LogP contribution >= 0.6 is 24.6 Å². The van der Waals surface area contributed by atoms with Gasteiger partial charge in [-0.3, -0.25) is 4.90 Å². The zero-order valence-corrected chi connectivity index (χ0v) is 15.6. The first-order chi connectivity index (χ1) is 11.6. The second-order valence-electron chi connectivity index (χ2n) is 6.86. The Morgan fingerprint density at radius 1 is 1.20 bits per heavy atom. The summed E-state index contributed by atoms with van der Waals surface area (Å²) < 4.78 is 30.4. The predicted molar refractivity (Wildman–Crippen MR) is 98.8 cm³/mol. The summed E-state index contributed by atoms with van der Waals surface area (Å²) in [5.41, 5.74) is 2.61. The largest absolute Gasteiger partial charge is 0.337 e. The van der Waals surface area contributed by atoms with Crippen LogP contribution in [0.25, 0.3) is 0 Å². The van der Waals surface area contributed by atoms with E-state index in [0.29, 0.717) is 23.2 Å². The second kappa shape index (κ2) is 7.56. The quantitative estimate of drug-likeness (QED) is 0.782. The number of hydrogen-bond donors (Lipinski definition) is 1. The van der Waals surface area contributed by atoms with Gasteiger partial charge in [0.1, 0.15) is 11.6 Å². The van der Waals surface area contributed by atoms with E-state index in [2.05, 4.69) is 14.5 Å². The Hall–Kier alpha value is -1.24. The molecule has 4 rings (SSSR count). The number of halogens is 3. The molecule has 2 aliphatic rings. The Bertz CT molecular complexity index is 811. The highest BCUT2D eigenvalue weighted by Crippen LogP contribution is 2.32. The van der Waals surface area contributed by atoms with E-state index in [9.17, 15) is 8.78 Å². The second-order valence-corrected chi connectivity index (χ2v) is 7.25. The molecule has 3 nitrogen and oxygen atoms in total. The molecule has 0 amide bonds. The van der Waals surface area contributed by atoms with Crippen molar-refractivity contribution in [3.05, 3.63) is 51.6 Å². The van der Waals surface area contributed by atoms with Crippen molar-refractivity contribution in [3.63, 3.8) is 0 Å². The van der Waals surface area contributed by atoms with E-state index in [-0.39, 0.29) is 18.4 Å². The summed E-state index contributed by atoms with van der Waals surface area (Å²) >= 11 is 5.49. The minimum absolute atomic E-state index is 0. The van der Waals surface area contributed by atoms with E-state index in [0.717, 1.165) is 37.7 Å². The number of fused-ring (bicyclic) bond motifs is 1. The Morgan fingerprint density at radius 3 is 2.72 bits per heavy atom. The molecule has 1 aromatic heterocycles. The van der Waals surface area contributed by atoms with Gasteiger partial charge in [0, 0.05) is 24.8 Å². The monoisotopic (exact) mass is 385 g/mol. The van der Waals surface area contributed by atoms with E-state index < -0.39 is 11.6 Å². The van der Waals surface area contributed by atoms with Gasteiger partial charge in [0.2, 0.25) is 0 Å². The van der Waals surface area contributed by atoms with Gasteiger partial charge in [-0.25, -0.2) is 8.78 Å². The number of hydrogen-bond acceptors (Lipinski definition) is 2. The number of nitrogens with one attached hydrogen (secondary N) is 1. The van der Waals surface area contributed by atoms with E-state index in [1.165, 1.54) is 24.6 Å². The number of rotatable bonds is 3. The molecule has 1 N–H and O–H groups in total. The van der Waals surface area contributed by atoms with Crippen LogP contribution in [0.15, 0.2) is 18.3 Å². The number of aromatic nitrogens is 2. The van der Waals surface area contributed by atoms with Crippen LogP contribution in [0.3, 0.4) is 0 Å². The van der Waals surface area contributed by atoms with Crippen molar-refractivity contribution in [3.8, 4) is 0 Å². The summed E-state index contributed by atoms with van der Waals surface area (Å²) in [4.78, 5) is 5.59. The van der Waals surface area contributed by atoms with Gasteiger partial charge in [0.15, 0.2) is 4.77 Å². The number of nitrogens with zero attached hydrogens (tertiary/aromatic N) is 2. The molecule has 1 aliphatic heterocycles. The highest BCUT2D eigenvalue weighted by molar-refractivity contribution is 7.71. The molecule has 1 aromatic carbocycles. The summed E-state index contributed by atoms with van der Waals surface area (Å²) in [7, 11) is 0. The fourth-order valence-electron chi connectivity index (χ4n) is 4.11. The molecule has 0 spiro atoms. The summed E-state index contributed by atoms with van der Waals surface area (Å²) in [6.07, 6.45) is 6.57. The van der Waals surface area contributed by atoms with Gasteiger partial charge < -0.3 is 9.55 Å². The smallest absolute Gasteiger partial charge is 0.177 e. The molecular formula is C18H22ClF2N3S. The van der Waals surface area contributed by atoms with Crippen LogP contribution in [0.4, 0.5) is 8.78 Å². The van der Waals surface area contributed by atoms with Gasteiger partial charge in [-0.05, 0) is 74.6 Å². The molecular weight excluding hydrogens is 364 g/mol. The number of likely N-dealkylation sites (tertiary alicyclic amines) is 1. The Morgan fingerprint density at radius 2 is 1.96 bits per heavy atom. The van der Waals surface area contributed by atoms with Gasteiger partial charge in [-0.1, -0.05) is 0 Å². The first kappa shape index (κ1) is 18.5. The SMILES string of the molecule is Cl.Fc1cc(F)c2c(c1)CC(n1c(CN3CCCC3)c[nH]c1=S)CC2. The van der Waals surface area contributed by atoms with E-state index >= 15 is 0 Å². The third kappa shape index (κ3) is 3.66. The normalized spacial score (nSPS) is 20.3. The first-order valence-corrected chi connectivity index (χ1v) is 9.00. The van der Waals surface area contributed by atoms with Gasteiger partial charge in [0.25, 0.3) is 0 Å². The maximum atomic E-state index is 14.0. The molecule has 1 aliphatic carbocycles. The molecule has 7 heteroatoms. The number of H-pyrrole nitrogens is 1. The van der Waals surface area contributed by atoms with Crippen molar-refractivity contribution in [2.75, 3.05) is 13.1 Å². The molecule has 1 fully saturated rings. The van der Waals surface area contributed by atoms with Crippen molar-refractivity contribution >= 4 is 24.6 Å². The Kier molecular flexibility index (Phi) is 5.61. The first-order valence-electron chi connectivity index (χ1n) is 8.60. The molecule has 1 atom stereocenters. The number of benzene rings is 1. The van der Waals surface area contributed by atoms with E-state index in [1.807, 2.05) is 6.20 Å². The molecule has 136 valence electrons. The lowest BCUT2D eigenvalue weighted by molar-refractivity contribution is 0.310. The summed E-state index contributed by atoms with van der Waals surface area (Å²) in [6, 6.07) is 2.62. The van der Waals surface area contributed by atoms with Crippen molar-refractivity contribution in [2.24, 2.45) is 0 Å². The van der Waals surface area contributed by atoms with Crippen LogP contribution < -0.4 is 0 Å². The van der Waals surface area contributed by atoms with Crippen LogP contribution in [0.1, 0.15) is 42.1 Å². The average molecular weight is 386 g/mol. The van der Waals surface area contributed by atoms with Crippen molar-refractivity contribution in [2.45, 2.75) is 44.7 Å². The molecule has 0 radical (unpaired) electrons. The van der Waals surface area contributed by atoms with Crippen molar-refractivity contribution in [1.82, 2.24) is 14.5 Å². The van der Waals surface area contributed by atoms with Crippen LogP contribution in [0.2, 0.25) is 0 Å². The van der Waals surface area contributed by atoms with Crippen LogP contribution in [-0.2, 0) is 19.4 Å². The molecule has 2 aromatic rings. The Balaban J connectivity index is 0.00000182. The summed E-state index contributed by atoms with van der Waals surface area (Å²) in [5.74, 6) is -0.916. The highest BCUT2D eigenvalue weighted by atomic mass is 35.5. The predicted octanol–water partition coefficient (Wildman–Crippen LogP) is 4.57. The lowest BCUT2D eigenvalue weighted by atomic mass is 9.87. The minimum atomic E-state index is -0.498. The van der Waals surface area contributed by atoms with Gasteiger partial charge in [-0.2, -0.15) is 0 Å². The third-order valence-electron chi connectivity index (χ3n) is 5.28. The summed E-state index contributed by atoms with van der Waals surface area (Å²) in [5, 5.41) is 0. The lowest BCUT2D eigenvalue weighted by Crippen LogP contribution is -2.25. The topological polar surface area (TPSA) is 24.0 Å². The maximum Gasteiger partial charge on any atom is 0.177 e. The van der Waals surface area contributed by atoms with Gasteiger partial charge >= 0.3 is 0 Å². The van der Waals surface area contributed by atoms with Gasteiger partial charge in [0.05, 0.1) is 5.69 Å². The van der Waals surface area contributed by atoms with Crippen LogP contribution in [0.5, 0.6) is 0 Å². The molecule has 2 heterocycles. The van der Waals surface area contributed by atoms with Crippen molar-refractivity contribution in [1.29, 1.82) is 0 Å². The van der Waals surface area contributed by atoms with Crippen molar-refractivity contribution < 1.29 is 8.78 Å². The molecule has 0 saturated carbocycles. The van der Waals surface area contributed by atoms with Gasteiger partial charge in [-0.15, -0.1) is 12.4 Å².